The van der Waals surface area contributed by atoms with Crippen LogP contribution >= 0.6 is 0 Å². The second-order valence-corrected chi connectivity index (χ2v) is 4.80. The molecule has 1 N–H and O–H groups in total. The van der Waals surface area contributed by atoms with Crippen molar-refractivity contribution in [3.63, 3.8) is 0 Å². The summed E-state index contributed by atoms with van der Waals surface area (Å²) >= 11 is 0. The van der Waals surface area contributed by atoms with Gasteiger partial charge in [0.1, 0.15) is 12.2 Å². The molecule has 0 bridgehead atoms. The van der Waals surface area contributed by atoms with Crippen molar-refractivity contribution >= 4 is 11.9 Å². The number of Topliss-reactive ketones (excluding diaryl/α,β-unsaturated/α-hetero) is 1. The van der Waals surface area contributed by atoms with Crippen LogP contribution in [-0.2, 0) is 19.0 Å². The van der Waals surface area contributed by atoms with E-state index in [-0.39, 0.29) is 12.4 Å². The van der Waals surface area contributed by atoms with Gasteiger partial charge in [-0.05, 0) is 27.7 Å². The van der Waals surface area contributed by atoms with E-state index in [2.05, 4.69) is 5.32 Å². The van der Waals surface area contributed by atoms with Crippen LogP contribution in [0.25, 0.3) is 0 Å². The Morgan fingerprint density at radius 1 is 1.06 bits per heavy atom. The Morgan fingerprint density at radius 2 is 1.67 bits per heavy atom. The molecule has 0 atom stereocenters. The SMILES string of the molecule is CC(=O)COCCOCCNC(=O)OC(C)(C)C. The molecule has 106 valence electrons. The molecule has 0 radical (unpaired) electrons. The first kappa shape index (κ1) is 16.9. The summed E-state index contributed by atoms with van der Waals surface area (Å²) in [5.41, 5.74) is -0.495. The highest BCUT2D eigenvalue weighted by Crippen LogP contribution is 2.05. The van der Waals surface area contributed by atoms with Crippen molar-refractivity contribution in [2.24, 2.45) is 0 Å². The van der Waals surface area contributed by atoms with E-state index in [9.17, 15) is 9.59 Å². The third-order valence-electron chi connectivity index (χ3n) is 1.59. The molecule has 0 saturated carbocycles. The van der Waals surface area contributed by atoms with Gasteiger partial charge in [-0.1, -0.05) is 0 Å². The van der Waals surface area contributed by atoms with Crippen molar-refractivity contribution in [2.45, 2.75) is 33.3 Å². The summed E-state index contributed by atoms with van der Waals surface area (Å²) in [6, 6.07) is 0. The van der Waals surface area contributed by atoms with Crippen LogP contribution < -0.4 is 5.32 Å². The monoisotopic (exact) mass is 261 g/mol. The third-order valence-corrected chi connectivity index (χ3v) is 1.59. The topological polar surface area (TPSA) is 73.9 Å². The summed E-state index contributed by atoms with van der Waals surface area (Å²) < 4.78 is 15.2. The Morgan fingerprint density at radius 3 is 2.22 bits per heavy atom. The zero-order chi connectivity index (χ0) is 14.0. The zero-order valence-corrected chi connectivity index (χ0v) is 11.6. The van der Waals surface area contributed by atoms with Crippen molar-refractivity contribution in [3.05, 3.63) is 0 Å². The summed E-state index contributed by atoms with van der Waals surface area (Å²) in [5, 5.41) is 2.57. The quantitative estimate of drug-likeness (QED) is 0.663. The number of amides is 1. The maximum Gasteiger partial charge on any atom is 0.407 e. The van der Waals surface area contributed by atoms with Gasteiger partial charge in [-0.2, -0.15) is 0 Å². The summed E-state index contributed by atoms with van der Waals surface area (Å²) in [6.07, 6.45) is -0.459. The molecule has 0 spiro atoms. The molecule has 0 aromatic rings. The Labute approximate surface area is 108 Å². The van der Waals surface area contributed by atoms with Crippen LogP contribution in [0.2, 0.25) is 0 Å². The minimum Gasteiger partial charge on any atom is -0.444 e. The van der Waals surface area contributed by atoms with Crippen LogP contribution in [0.1, 0.15) is 27.7 Å². The minimum absolute atomic E-state index is 0.0124. The van der Waals surface area contributed by atoms with Gasteiger partial charge in [-0.3, -0.25) is 4.79 Å². The molecule has 0 unspecified atom stereocenters. The molecular formula is C12H23NO5. The van der Waals surface area contributed by atoms with E-state index in [0.717, 1.165) is 0 Å². The van der Waals surface area contributed by atoms with Crippen molar-refractivity contribution in [2.75, 3.05) is 33.0 Å². The van der Waals surface area contributed by atoms with Crippen LogP contribution in [0.5, 0.6) is 0 Å². The maximum atomic E-state index is 11.2. The van der Waals surface area contributed by atoms with Crippen LogP contribution in [0.4, 0.5) is 4.79 Å². The lowest BCUT2D eigenvalue weighted by atomic mass is 10.2. The van der Waals surface area contributed by atoms with Gasteiger partial charge in [0.2, 0.25) is 0 Å². The van der Waals surface area contributed by atoms with Crippen LogP contribution in [-0.4, -0.2) is 50.4 Å². The van der Waals surface area contributed by atoms with Crippen molar-refractivity contribution in [1.29, 1.82) is 0 Å². The van der Waals surface area contributed by atoms with Gasteiger partial charge >= 0.3 is 6.09 Å². The average molecular weight is 261 g/mol. The largest absolute Gasteiger partial charge is 0.444 e. The molecule has 0 fully saturated rings. The lowest BCUT2D eigenvalue weighted by molar-refractivity contribution is -0.121. The molecule has 0 aromatic carbocycles. The highest BCUT2D eigenvalue weighted by molar-refractivity contribution is 5.76. The van der Waals surface area contributed by atoms with Gasteiger partial charge in [-0.15, -0.1) is 0 Å². The zero-order valence-electron chi connectivity index (χ0n) is 11.6. The number of ether oxygens (including phenoxy) is 3. The predicted octanol–water partition coefficient (Wildman–Crippen LogP) is 1.13. The molecule has 1 amide bonds. The number of hydrogen-bond donors (Lipinski definition) is 1. The molecule has 0 aromatic heterocycles. The number of hydrogen-bond acceptors (Lipinski definition) is 5. The Hall–Kier alpha value is -1.14. The van der Waals surface area contributed by atoms with E-state index < -0.39 is 11.7 Å². The van der Waals surface area contributed by atoms with Gasteiger partial charge in [0.25, 0.3) is 0 Å². The molecule has 0 saturated heterocycles. The highest BCUT2D eigenvalue weighted by Gasteiger charge is 2.15. The van der Waals surface area contributed by atoms with E-state index in [1.165, 1.54) is 6.92 Å². The number of nitrogens with one attached hydrogen (secondary N) is 1. The summed E-state index contributed by atoms with van der Waals surface area (Å²) in [7, 11) is 0. The van der Waals surface area contributed by atoms with Crippen molar-refractivity contribution in [1.82, 2.24) is 5.32 Å². The number of ketones is 1. The van der Waals surface area contributed by atoms with Crippen molar-refractivity contribution < 1.29 is 23.8 Å². The molecule has 0 aliphatic carbocycles. The number of carbonyl (C=O) groups is 2. The van der Waals surface area contributed by atoms with E-state index in [0.29, 0.717) is 26.4 Å². The summed E-state index contributed by atoms with van der Waals surface area (Å²) in [4.78, 5) is 21.8. The fourth-order valence-corrected chi connectivity index (χ4v) is 0.975. The molecule has 0 aliphatic rings. The molecule has 0 rings (SSSR count). The first-order valence-electron chi connectivity index (χ1n) is 5.93. The molecule has 0 aliphatic heterocycles. The lowest BCUT2D eigenvalue weighted by Crippen LogP contribution is -2.34. The Balaban J connectivity index is 3.30. The predicted molar refractivity (Wildman–Crippen MR) is 66.6 cm³/mol. The second kappa shape index (κ2) is 8.88. The van der Waals surface area contributed by atoms with Gasteiger partial charge in [-0.25, -0.2) is 4.79 Å². The maximum absolute atomic E-state index is 11.2. The smallest absolute Gasteiger partial charge is 0.407 e. The average Bonchev–Trinajstić information content (AvgIpc) is 2.18. The van der Waals surface area contributed by atoms with E-state index in [1.54, 1.807) is 20.8 Å². The lowest BCUT2D eigenvalue weighted by Gasteiger charge is -2.19. The second-order valence-electron chi connectivity index (χ2n) is 4.80. The molecular weight excluding hydrogens is 238 g/mol. The Kier molecular flexibility index (Phi) is 8.32. The number of carbonyl (C=O) groups excluding carboxylic acids is 2. The first-order chi connectivity index (χ1) is 8.31. The molecule has 18 heavy (non-hydrogen) atoms. The number of rotatable bonds is 8. The standard InChI is InChI=1S/C12H23NO5/c1-10(14)9-17-8-7-16-6-5-13-11(15)18-12(2,3)4/h5-9H2,1-4H3,(H,13,15). The van der Waals surface area contributed by atoms with E-state index in [1.807, 2.05) is 0 Å². The molecule has 6 nitrogen and oxygen atoms in total. The van der Waals surface area contributed by atoms with E-state index >= 15 is 0 Å². The fourth-order valence-electron chi connectivity index (χ4n) is 0.975. The van der Waals surface area contributed by atoms with Crippen LogP contribution in [0.15, 0.2) is 0 Å². The third kappa shape index (κ3) is 12.9. The van der Waals surface area contributed by atoms with Crippen LogP contribution in [0.3, 0.4) is 0 Å². The van der Waals surface area contributed by atoms with E-state index in [4.69, 9.17) is 14.2 Å². The van der Waals surface area contributed by atoms with Gasteiger partial charge in [0.15, 0.2) is 5.78 Å². The fraction of sp³-hybridized carbons (Fsp3) is 0.833. The molecule has 6 heteroatoms. The summed E-state index contributed by atoms with van der Waals surface area (Å²) in [5.74, 6) is -0.0124. The van der Waals surface area contributed by atoms with Crippen molar-refractivity contribution in [3.8, 4) is 0 Å². The van der Waals surface area contributed by atoms with Gasteiger partial charge < -0.3 is 19.5 Å². The highest BCUT2D eigenvalue weighted by atomic mass is 16.6. The minimum atomic E-state index is -0.495. The normalized spacial score (nSPS) is 11.1. The Bertz CT molecular complexity index is 260. The van der Waals surface area contributed by atoms with Gasteiger partial charge in [0.05, 0.1) is 19.8 Å². The van der Waals surface area contributed by atoms with Crippen LogP contribution in [0, 0.1) is 0 Å². The van der Waals surface area contributed by atoms with Gasteiger partial charge in [0, 0.05) is 6.54 Å². The molecule has 0 heterocycles. The summed E-state index contributed by atoms with van der Waals surface area (Å²) in [6.45, 7) is 8.49. The number of alkyl carbamates (subject to hydrolysis) is 1. The first-order valence-corrected chi connectivity index (χ1v) is 5.93.